The number of nitrogens with one attached hydrogen (secondary N) is 1. The summed E-state index contributed by atoms with van der Waals surface area (Å²) >= 11 is 0. The predicted octanol–water partition coefficient (Wildman–Crippen LogP) is 2.63. The van der Waals surface area contributed by atoms with Gasteiger partial charge in [-0.05, 0) is 30.5 Å². The van der Waals surface area contributed by atoms with Crippen LogP contribution < -0.4 is 5.32 Å². The minimum atomic E-state index is -0.709. The summed E-state index contributed by atoms with van der Waals surface area (Å²) in [6, 6.07) is 11.0. The number of rotatable bonds is 6. The van der Waals surface area contributed by atoms with Gasteiger partial charge in [-0.2, -0.15) is 0 Å². The Labute approximate surface area is 161 Å². The standard InChI is InChI=1S/C20H19N3O5/c1-3-13-4-6-14(7-5-13)12(2)21-18(24)11-22-19(25)16-9-8-15(23(27)28)10-17(16)20(22)26/h4-10,12H,3,11H2,1-2H3,(H,21,24)/t12-/m0/s1. The number of nitrogens with zero attached hydrogens (tertiary/aromatic N) is 2. The maximum absolute atomic E-state index is 12.4. The fourth-order valence-corrected chi connectivity index (χ4v) is 3.09. The van der Waals surface area contributed by atoms with Gasteiger partial charge in [0.1, 0.15) is 6.54 Å². The molecule has 0 radical (unpaired) electrons. The minimum absolute atomic E-state index is 0.0600. The van der Waals surface area contributed by atoms with E-state index in [1.807, 2.05) is 31.2 Å². The molecule has 0 unspecified atom stereocenters. The maximum Gasteiger partial charge on any atom is 0.270 e. The quantitative estimate of drug-likeness (QED) is 0.470. The fourth-order valence-electron chi connectivity index (χ4n) is 3.09. The fraction of sp³-hybridized carbons (Fsp3) is 0.250. The lowest BCUT2D eigenvalue weighted by Crippen LogP contribution is -2.41. The molecule has 0 aromatic heterocycles. The summed E-state index contributed by atoms with van der Waals surface area (Å²) in [4.78, 5) is 48.2. The molecule has 2 aromatic rings. The van der Waals surface area contributed by atoms with E-state index < -0.39 is 29.2 Å². The summed E-state index contributed by atoms with van der Waals surface area (Å²) in [5.74, 6) is -1.83. The Bertz CT molecular complexity index is 968. The van der Waals surface area contributed by atoms with Crippen molar-refractivity contribution in [2.24, 2.45) is 0 Å². The van der Waals surface area contributed by atoms with Crippen molar-refractivity contribution < 1.29 is 19.3 Å². The number of carbonyl (C=O) groups is 3. The van der Waals surface area contributed by atoms with E-state index in [4.69, 9.17) is 0 Å². The lowest BCUT2D eigenvalue weighted by Gasteiger charge is -2.18. The van der Waals surface area contributed by atoms with Crippen LogP contribution >= 0.6 is 0 Å². The van der Waals surface area contributed by atoms with E-state index in [-0.39, 0.29) is 22.9 Å². The molecule has 3 rings (SSSR count). The Balaban J connectivity index is 1.69. The van der Waals surface area contributed by atoms with Crippen molar-refractivity contribution in [1.29, 1.82) is 0 Å². The molecule has 144 valence electrons. The molecule has 0 bridgehead atoms. The summed E-state index contributed by atoms with van der Waals surface area (Å²) in [5.41, 5.74) is 1.81. The first-order valence-corrected chi connectivity index (χ1v) is 8.84. The molecule has 0 fully saturated rings. The van der Waals surface area contributed by atoms with Gasteiger partial charge in [0.15, 0.2) is 0 Å². The van der Waals surface area contributed by atoms with Crippen molar-refractivity contribution in [3.63, 3.8) is 0 Å². The second-order valence-electron chi connectivity index (χ2n) is 6.57. The molecule has 1 atom stereocenters. The lowest BCUT2D eigenvalue weighted by molar-refractivity contribution is -0.384. The van der Waals surface area contributed by atoms with E-state index in [2.05, 4.69) is 12.2 Å². The number of non-ortho nitro benzene ring substituents is 1. The van der Waals surface area contributed by atoms with E-state index in [0.29, 0.717) is 0 Å². The molecule has 8 heteroatoms. The Kier molecular flexibility index (Phi) is 5.21. The van der Waals surface area contributed by atoms with Crippen molar-refractivity contribution in [2.45, 2.75) is 26.3 Å². The van der Waals surface area contributed by atoms with E-state index in [0.717, 1.165) is 29.0 Å². The third-order valence-corrected chi connectivity index (χ3v) is 4.73. The number of amides is 3. The minimum Gasteiger partial charge on any atom is -0.348 e. The monoisotopic (exact) mass is 381 g/mol. The Morgan fingerprint density at radius 2 is 1.75 bits per heavy atom. The molecule has 0 aliphatic carbocycles. The highest BCUT2D eigenvalue weighted by atomic mass is 16.6. The number of nitro benzene ring substituents is 1. The van der Waals surface area contributed by atoms with Gasteiger partial charge in [0.05, 0.1) is 22.1 Å². The van der Waals surface area contributed by atoms with Crippen molar-refractivity contribution >= 4 is 23.4 Å². The lowest BCUT2D eigenvalue weighted by atomic mass is 10.1. The van der Waals surface area contributed by atoms with E-state index in [9.17, 15) is 24.5 Å². The third-order valence-electron chi connectivity index (χ3n) is 4.73. The van der Waals surface area contributed by atoms with Gasteiger partial charge < -0.3 is 5.32 Å². The molecule has 0 spiro atoms. The van der Waals surface area contributed by atoms with Crippen LogP contribution in [-0.4, -0.2) is 34.1 Å². The number of nitro groups is 1. The molecular formula is C20H19N3O5. The molecule has 28 heavy (non-hydrogen) atoms. The Hall–Kier alpha value is -3.55. The van der Waals surface area contributed by atoms with Crippen LogP contribution in [-0.2, 0) is 11.2 Å². The van der Waals surface area contributed by atoms with Gasteiger partial charge in [0, 0.05) is 12.1 Å². The molecular weight excluding hydrogens is 362 g/mol. The highest BCUT2D eigenvalue weighted by Crippen LogP contribution is 2.26. The predicted molar refractivity (Wildman–Crippen MR) is 101 cm³/mol. The average molecular weight is 381 g/mol. The number of imide groups is 1. The average Bonchev–Trinajstić information content (AvgIpc) is 2.92. The summed E-state index contributed by atoms with van der Waals surface area (Å²) in [6.45, 7) is 3.42. The number of hydrogen-bond acceptors (Lipinski definition) is 5. The van der Waals surface area contributed by atoms with Crippen molar-refractivity contribution in [2.75, 3.05) is 6.54 Å². The van der Waals surface area contributed by atoms with Gasteiger partial charge in [-0.3, -0.25) is 29.4 Å². The van der Waals surface area contributed by atoms with Gasteiger partial charge in [0.2, 0.25) is 5.91 Å². The van der Waals surface area contributed by atoms with Crippen molar-refractivity contribution in [3.8, 4) is 0 Å². The molecule has 1 aliphatic rings. The number of fused-ring (bicyclic) bond motifs is 1. The highest BCUT2D eigenvalue weighted by Gasteiger charge is 2.37. The molecule has 0 saturated heterocycles. The van der Waals surface area contributed by atoms with Gasteiger partial charge in [-0.25, -0.2) is 0 Å². The van der Waals surface area contributed by atoms with Crippen LogP contribution in [0.3, 0.4) is 0 Å². The Morgan fingerprint density at radius 1 is 1.11 bits per heavy atom. The smallest absolute Gasteiger partial charge is 0.270 e. The van der Waals surface area contributed by atoms with Crippen molar-refractivity contribution in [1.82, 2.24) is 10.2 Å². The summed E-state index contributed by atoms with van der Waals surface area (Å²) in [6.07, 6.45) is 0.916. The molecule has 8 nitrogen and oxygen atoms in total. The zero-order chi connectivity index (χ0) is 20.4. The first kappa shape index (κ1) is 19.2. The van der Waals surface area contributed by atoms with Crippen molar-refractivity contribution in [3.05, 3.63) is 74.8 Å². The molecule has 3 amide bonds. The second-order valence-corrected chi connectivity index (χ2v) is 6.57. The second kappa shape index (κ2) is 7.59. The number of benzene rings is 2. The highest BCUT2D eigenvalue weighted by molar-refractivity contribution is 6.22. The largest absolute Gasteiger partial charge is 0.348 e. The number of hydrogen-bond donors (Lipinski definition) is 1. The SMILES string of the molecule is CCc1ccc([C@H](C)NC(=O)CN2C(=O)c3ccc([N+](=O)[O-])cc3C2=O)cc1. The first-order chi connectivity index (χ1) is 13.3. The van der Waals surface area contributed by atoms with Crippen LogP contribution in [0.2, 0.25) is 0 Å². The Morgan fingerprint density at radius 3 is 2.36 bits per heavy atom. The maximum atomic E-state index is 12.4. The van der Waals surface area contributed by atoms with Gasteiger partial charge >= 0.3 is 0 Å². The van der Waals surface area contributed by atoms with Crippen LogP contribution in [0.5, 0.6) is 0 Å². The molecule has 1 N–H and O–H groups in total. The van der Waals surface area contributed by atoms with Crippen LogP contribution in [0.1, 0.15) is 51.7 Å². The molecule has 0 saturated carbocycles. The van der Waals surface area contributed by atoms with Crippen LogP contribution in [0.15, 0.2) is 42.5 Å². The van der Waals surface area contributed by atoms with E-state index in [1.54, 1.807) is 0 Å². The molecule has 1 heterocycles. The molecule has 2 aromatic carbocycles. The van der Waals surface area contributed by atoms with E-state index in [1.165, 1.54) is 11.6 Å². The molecule has 1 aliphatic heterocycles. The number of carbonyl (C=O) groups excluding carboxylic acids is 3. The van der Waals surface area contributed by atoms with Gasteiger partial charge in [-0.1, -0.05) is 31.2 Å². The van der Waals surface area contributed by atoms with Gasteiger partial charge in [0.25, 0.3) is 17.5 Å². The number of aryl methyl sites for hydroxylation is 1. The summed E-state index contributed by atoms with van der Waals surface area (Å²) in [7, 11) is 0. The van der Waals surface area contributed by atoms with E-state index >= 15 is 0 Å². The van der Waals surface area contributed by atoms with Crippen LogP contribution in [0.25, 0.3) is 0 Å². The summed E-state index contributed by atoms with van der Waals surface area (Å²) < 4.78 is 0. The normalized spacial score (nSPS) is 14.0. The van der Waals surface area contributed by atoms with Crippen LogP contribution in [0, 0.1) is 10.1 Å². The zero-order valence-electron chi connectivity index (χ0n) is 15.5. The zero-order valence-corrected chi connectivity index (χ0v) is 15.5. The third kappa shape index (κ3) is 3.62. The first-order valence-electron chi connectivity index (χ1n) is 8.84. The summed E-state index contributed by atoms with van der Waals surface area (Å²) in [5, 5.41) is 13.6. The van der Waals surface area contributed by atoms with Gasteiger partial charge in [-0.15, -0.1) is 0 Å². The van der Waals surface area contributed by atoms with Crippen LogP contribution in [0.4, 0.5) is 5.69 Å². The topological polar surface area (TPSA) is 110 Å².